The molecule has 278 valence electrons. The number of hydrogen-bond acceptors (Lipinski definition) is 1. The van der Waals surface area contributed by atoms with E-state index in [1.165, 1.54) is 83.5 Å². The van der Waals surface area contributed by atoms with Crippen molar-refractivity contribution < 1.29 is 0 Å². The molecule has 1 aromatic heterocycles. The summed E-state index contributed by atoms with van der Waals surface area (Å²) in [4.78, 5) is 2.34. The fraction of sp³-hybridized carbons (Fsp3) is 0.107. The van der Waals surface area contributed by atoms with Gasteiger partial charge in [0.2, 0.25) is 0 Å². The van der Waals surface area contributed by atoms with Crippen molar-refractivity contribution in [2.45, 2.75) is 38.5 Å². The molecule has 0 bridgehead atoms. The molecule has 2 aliphatic carbocycles. The molecule has 11 rings (SSSR count). The van der Waals surface area contributed by atoms with Gasteiger partial charge in [-0.25, -0.2) is 0 Å². The fourth-order valence-electron chi connectivity index (χ4n) is 10.1. The minimum absolute atomic E-state index is 0.0771. The lowest BCUT2D eigenvalue weighted by Crippen LogP contribution is -2.15. The highest BCUT2D eigenvalue weighted by Gasteiger charge is 2.41. The van der Waals surface area contributed by atoms with Gasteiger partial charge in [-0.3, -0.25) is 0 Å². The van der Waals surface area contributed by atoms with Gasteiger partial charge in [0, 0.05) is 44.5 Å². The monoisotopic (exact) mass is 744 g/mol. The Kier molecular flexibility index (Phi) is 7.59. The van der Waals surface area contributed by atoms with Crippen molar-refractivity contribution in [1.29, 1.82) is 0 Å². The molecule has 0 N–H and O–H groups in total. The Balaban J connectivity index is 1.02. The van der Waals surface area contributed by atoms with E-state index in [0.29, 0.717) is 0 Å². The van der Waals surface area contributed by atoms with Crippen molar-refractivity contribution >= 4 is 28.0 Å². The van der Waals surface area contributed by atoms with Gasteiger partial charge >= 0.3 is 0 Å². The normalized spacial score (nSPS) is 14.1. The van der Waals surface area contributed by atoms with Crippen molar-refractivity contribution in [2.24, 2.45) is 0 Å². The largest absolute Gasteiger partial charge is 0.311 e. The summed E-state index contributed by atoms with van der Waals surface area (Å²) in [7, 11) is 0. The summed E-state index contributed by atoms with van der Waals surface area (Å²) < 4.78 is 2.55. The molecule has 0 amide bonds. The average Bonchev–Trinajstić information content (AvgIpc) is 3.82. The van der Waals surface area contributed by atoms with Gasteiger partial charge in [0.1, 0.15) is 0 Å². The average molecular weight is 745 g/mol. The third-order valence-electron chi connectivity index (χ3n) is 13.0. The van der Waals surface area contributed by atoms with Crippen LogP contribution < -0.4 is 4.90 Å². The predicted octanol–water partition coefficient (Wildman–Crippen LogP) is 15.0. The van der Waals surface area contributed by atoms with Gasteiger partial charge in [0.05, 0.1) is 11.2 Å². The molecule has 0 spiro atoms. The Morgan fingerprint density at radius 2 is 0.879 bits per heavy atom. The molecule has 58 heavy (non-hydrogen) atoms. The minimum atomic E-state index is -0.156. The van der Waals surface area contributed by atoms with Crippen molar-refractivity contribution in [3.05, 3.63) is 216 Å². The number of hydrogen-bond donors (Lipinski definition) is 0. The smallest absolute Gasteiger partial charge is 0.0585 e. The van der Waals surface area contributed by atoms with E-state index in [9.17, 15) is 0 Å². The molecule has 2 heteroatoms. The van der Waals surface area contributed by atoms with Gasteiger partial charge in [-0.1, -0.05) is 161 Å². The second-order valence-electron chi connectivity index (χ2n) is 17.0. The van der Waals surface area contributed by atoms with Crippen LogP contribution in [0.25, 0.3) is 61.2 Å². The first kappa shape index (κ1) is 34.4. The summed E-state index contributed by atoms with van der Waals surface area (Å²) in [6.07, 6.45) is 0. The summed E-state index contributed by atoms with van der Waals surface area (Å²) in [6, 6.07) is 71.4. The van der Waals surface area contributed by atoms with Crippen molar-refractivity contribution in [2.75, 3.05) is 4.90 Å². The molecule has 9 aromatic rings. The minimum Gasteiger partial charge on any atom is -0.311 e. The standard InChI is InChI=1S/C56H44N2/c1-55(2)49-21-13-11-19-45(49)46-33-32-44(36-51(46)55)58-52-34-27-40(35-48(52)53-54(58)47-20-12-14-22-50(47)56(53,3)4)39-25-30-43(31-26-39)57(41-17-9-6-10-18-41)42-28-23-38(24-29-42)37-15-7-5-8-16-37/h5-36H,1-4H3. The number of anilines is 3. The molecule has 1 heterocycles. The van der Waals surface area contributed by atoms with E-state index < -0.39 is 0 Å². The molecule has 0 radical (unpaired) electrons. The van der Waals surface area contributed by atoms with E-state index in [2.05, 4.69) is 231 Å². The lowest BCUT2D eigenvalue weighted by molar-refractivity contribution is 0.659. The van der Waals surface area contributed by atoms with Crippen LogP contribution in [0.2, 0.25) is 0 Å². The SMILES string of the molecule is CC1(C)c2ccccc2-c2ccc(-n3c4c(c5cc(-c6ccc(N(c7ccccc7)c7ccc(-c8ccccc8)cc7)cc6)ccc53)C(C)(C)c3ccccc3-4)cc21. The summed E-state index contributed by atoms with van der Waals surface area (Å²) in [5.41, 5.74) is 21.4. The quantitative estimate of drug-likeness (QED) is 0.165. The second-order valence-corrected chi connectivity index (χ2v) is 17.0. The summed E-state index contributed by atoms with van der Waals surface area (Å²) in [6.45, 7) is 9.54. The Labute approximate surface area is 341 Å². The molecule has 0 atom stereocenters. The van der Waals surface area contributed by atoms with Gasteiger partial charge < -0.3 is 9.47 Å². The van der Waals surface area contributed by atoms with Crippen LogP contribution in [0.15, 0.2) is 194 Å². The lowest BCUT2D eigenvalue weighted by Gasteiger charge is -2.26. The Morgan fingerprint density at radius 1 is 0.379 bits per heavy atom. The van der Waals surface area contributed by atoms with Crippen molar-refractivity contribution in [3.63, 3.8) is 0 Å². The Bertz CT molecular complexity index is 3020. The van der Waals surface area contributed by atoms with E-state index in [0.717, 1.165) is 17.1 Å². The second kappa shape index (κ2) is 12.8. The molecule has 8 aromatic carbocycles. The van der Waals surface area contributed by atoms with E-state index in [-0.39, 0.29) is 10.8 Å². The maximum atomic E-state index is 2.55. The lowest BCUT2D eigenvalue weighted by atomic mass is 9.81. The molecular formula is C56H44N2. The van der Waals surface area contributed by atoms with Crippen molar-refractivity contribution in [3.8, 4) is 50.3 Å². The Morgan fingerprint density at radius 3 is 1.55 bits per heavy atom. The van der Waals surface area contributed by atoms with Crippen molar-refractivity contribution in [1.82, 2.24) is 4.57 Å². The maximum Gasteiger partial charge on any atom is 0.0585 e. The third kappa shape index (κ3) is 5.11. The van der Waals surface area contributed by atoms with E-state index >= 15 is 0 Å². The van der Waals surface area contributed by atoms with Gasteiger partial charge in [-0.15, -0.1) is 0 Å². The van der Waals surface area contributed by atoms with Gasteiger partial charge in [-0.05, 0) is 116 Å². The summed E-state index contributed by atoms with van der Waals surface area (Å²) in [5, 5.41) is 1.31. The zero-order valence-corrected chi connectivity index (χ0v) is 33.4. The van der Waals surface area contributed by atoms with Gasteiger partial charge in [-0.2, -0.15) is 0 Å². The van der Waals surface area contributed by atoms with Gasteiger partial charge in [0.15, 0.2) is 0 Å². The summed E-state index contributed by atoms with van der Waals surface area (Å²) in [5.74, 6) is 0. The molecule has 0 fully saturated rings. The van der Waals surface area contributed by atoms with Crippen LogP contribution in [-0.4, -0.2) is 4.57 Å². The molecule has 0 unspecified atom stereocenters. The summed E-state index contributed by atoms with van der Waals surface area (Å²) >= 11 is 0. The number of fused-ring (bicyclic) bond motifs is 8. The predicted molar refractivity (Wildman–Crippen MR) is 244 cm³/mol. The first-order valence-electron chi connectivity index (χ1n) is 20.4. The molecule has 0 aliphatic heterocycles. The molecule has 2 aliphatic rings. The van der Waals surface area contributed by atoms with E-state index in [1.54, 1.807) is 0 Å². The van der Waals surface area contributed by atoms with Crippen LogP contribution in [0, 0.1) is 0 Å². The van der Waals surface area contributed by atoms with Crippen LogP contribution in [0.1, 0.15) is 49.9 Å². The highest BCUT2D eigenvalue weighted by atomic mass is 15.1. The van der Waals surface area contributed by atoms with E-state index in [1.807, 2.05) is 0 Å². The number of nitrogens with zero attached hydrogens (tertiary/aromatic N) is 2. The number of aromatic nitrogens is 1. The molecular weight excluding hydrogens is 701 g/mol. The highest BCUT2D eigenvalue weighted by molar-refractivity contribution is 6.01. The van der Waals surface area contributed by atoms with Crippen LogP contribution >= 0.6 is 0 Å². The van der Waals surface area contributed by atoms with Crippen LogP contribution in [0.5, 0.6) is 0 Å². The number of benzene rings is 8. The molecule has 0 saturated heterocycles. The zero-order valence-electron chi connectivity index (χ0n) is 33.4. The zero-order chi connectivity index (χ0) is 39.2. The topological polar surface area (TPSA) is 8.17 Å². The maximum absolute atomic E-state index is 2.55. The number of para-hydroxylation sites is 1. The first-order valence-corrected chi connectivity index (χ1v) is 20.4. The van der Waals surface area contributed by atoms with Gasteiger partial charge in [0.25, 0.3) is 0 Å². The fourth-order valence-corrected chi connectivity index (χ4v) is 10.1. The number of rotatable bonds is 6. The molecule has 0 saturated carbocycles. The van der Waals surface area contributed by atoms with Crippen LogP contribution in [0.4, 0.5) is 17.1 Å². The highest BCUT2D eigenvalue weighted by Crippen LogP contribution is 2.55. The van der Waals surface area contributed by atoms with Crippen LogP contribution in [0.3, 0.4) is 0 Å². The van der Waals surface area contributed by atoms with Crippen LogP contribution in [-0.2, 0) is 10.8 Å². The third-order valence-corrected chi connectivity index (χ3v) is 13.0. The molecule has 2 nitrogen and oxygen atoms in total. The first-order chi connectivity index (χ1) is 28.3. The van der Waals surface area contributed by atoms with E-state index in [4.69, 9.17) is 0 Å². The Hall–Kier alpha value is -6.90.